The van der Waals surface area contributed by atoms with Crippen molar-refractivity contribution in [2.45, 2.75) is 12.1 Å². The Bertz CT molecular complexity index is 1110. The van der Waals surface area contributed by atoms with Crippen molar-refractivity contribution in [2.75, 3.05) is 40.2 Å². The van der Waals surface area contributed by atoms with Crippen molar-refractivity contribution in [3.63, 3.8) is 0 Å². The fourth-order valence-electron chi connectivity index (χ4n) is 3.22. The lowest BCUT2D eigenvalue weighted by Gasteiger charge is -2.15. The van der Waals surface area contributed by atoms with Crippen LogP contribution in [0.2, 0.25) is 0 Å². The van der Waals surface area contributed by atoms with Crippen LogP contribution >= 0.6 is 11.8 Å². The third-order valence-corrected chi connectivity index (χ3v) is 5.67. The molecule has 0 saturated carbocycles. The molecule has 0 radical (unpaired) electrons. The van der Waals surface area contributed by atoms with Crippen LogP contribution in [0.5, 0.6) is 23.0 Å². The molecule has 3 aromatic rings. The Hall–Kier alpha value is -3.66. The maximum atomic E-state index is 12.2. The zero-order valence-electron chi connectivity index (χ0n) is 19.7. The molecule has 0 saturated heterocycles. The van der Waals surface area contributed by atoms with E-state index in [2.05, 4.69) is 22.1 Å². The topological polar surface area (TPSA) is 96.7 Å². The predicted octanol–water partition coefficient (Wildman–Crippen LogP) is 3.75. The molecular formula is C24H28N4O5S. The average Bonchev–Trinajstić information content (AvgIpc) is 3.29. The van der Waals surface area contributed by atoms with Crippen LogP contribution in [-0.4, -0.2) is 60.9 Å². The second-order valence-corrected chi connectivity index (χ2v) is 7.81. The molecule has 0 unspecified atom stereocenters. The van der Waals surface area contributed by atoms with Gasteiger partial charge in [0.15, 0.2) is 22.5 Å². The van der Waals surface area contributed by atoms with Gasteiger partial charge in [0.05, 0.1) is 33.7 Å². The number of hydrogen-bond acceptors (Lipinski definition) is 8. The normalized spacial score (nSPS) is 10.5. The number of nitrogens with one attached hydrogen (secondary N) is 1. The van der Waals surface area contributed by atoms with Gasteiger partial charge in [0.25, 0.3) is 0 Å². The highest BCUT2D eigenvalue weighted by molar-refractivity contribution is 7.99. The molecule has 34 heavy (non-hydrogen) atoms. The summed E-state index contributed by atoms with van der Waals surface area (Å²) in [6, 6.07) is 11.2. The molecule has 2 aromatic carbocycles. The van der Waals surface area contributed by atoms with E-state index in [-0.39, 0.29) is 11.7 Å². The summed E-state index contributed by atoms with van der Waals surface area (Å²) in [5.41, 5.74) is 1.52. The summed E-state index contributed by atoms with van der Waals surface area (Å²) in [6.45, 7) is 6.53. The number of ether oxygens (including phenoxy) is 4. The van der Waals surface area contributed by atoms with E-state index in [0.717, 1.165) is 11.4 Å². The van der Waals surface area contributed by atoms with E-state index in [1.165, 1.54) is 11.8 Å². The minimum absolute atomic E-state index is 0.125. The fourth-order valence-corrected chi connectivity index (χ4v) is 4.00. The van der Waals surface area contributed by atoms with Gasteiger partial charge in [-0.2, -0.15) is 0 Å². The zero-order valence-corrected chi connectivity index (χ0v) is 20.5. The predicted molar refractivity (Wildman–Crippen MR) is 132 cm³/mol. The number of benzene rings is 2. The minimum Gasteiger partial charge on any atom is -0.494 e. The smallest absolute Gasteiger partial charge is 0.230 e. The highest BCUT2D eigenvalue weighted by Crippen LogP contribution is 2.41. The molecular weight excluding hydrogens is 456 g/mol. The van der Waals surface area contributed by atoms with Crippen LogP contribution in [0, 0.1) is 0 Å². The molecule has 1 heterocycles. The Morgan fingerprint density at radius 1 is 1.09 bits per heavy atom. The zero-order chi connectivity index (χ0) is 24.5. The molecule has 180 valence electrons. The number of rotatable bonds is 12. The van der Waals surface area contributed by atoms with Crippen LogP contribution in [0.25, 0.3) is 17.1 Å². The SMILES string of the molecule is C=CCNC(=O)CSc1nnc(-c2cc(OC)c(OC)c(OC)c2)n1-c1ccc(OCC)cc1. The fraction of sp³-hybridized carbons (Fsp3) is 0.292. The van der Waals surface area contributed by atoms with Gasteiger partial charge in [-0.15, -0.1) is 16.8 Å². The molecule has 9 nitrogen and oxygen atoms in total. The number of thioether (sulfide) groups is 1. The van der Waals surface area contributed by atoms with E-state index in [9.17, 15) is 4.79 Å². The van der Waals surface area contributed by atoms with E-state index in [1.54, 1.807) is 27.4 Å². The van der Waals surface area contributed by atoms with Gasteiger partial charge in [-0.1, -0.05) is 17.8 Å². The van der Waals surface area contributed by atoms with Crippen LogP contribution in [0.4, 0.5) is 0 Å². The van der Waals surface area contributed by atoms with Crippen molar-refractivity contribution in [3.8, 4) is 40.1 Å². The van der Waals surface area contributed by atoms with Gasteiger partial charge in [0.1, 0.15) is 5.75 Å². The Kier molecular flexibility index (Phi) is 8.80. The summed E-state index contributed by atoms with van der Waals surface area (Å²) in [7, 11) is 4.66. The third kappa shape index (κ3) is 5.63. The third-order valence-electron chi connectivity index (χ3n) is 4.74. The highest BCUT2D eigenvalue weighted by atomic mass is 32.2. The van der Waals surface area contributed by atoms with E-state index in [4.69, 9.17) is 18.9 Å². The second kappa shape index (κ2) is 12.0. The molecule has 0 aliphatic heterocycles. The maximum Gasteiger partial charge on any atom is 0.230 e. The van der Waals surface area contributed by atoms with Crippen LogP contribution in [-0.2, 0) is 4.79 Å². The number of hydrogen-bond donors (Lipinski definition) is 1. The van der Waals surface area contributed by atoms with Crippen molar-refractivity contribution in [1.82, 2.24) is 20.1 Å². The quantitative estimate of drug-likeness (QED) is 0.307. The highest BCUT2D eigenvalue weighted by Gasteiger charge is 2.21. The molecule has 0 fully saturated rings. The van der Waals surface area contributed by atoms with Crippen LogP contribution in [0.1, 0.15) is 6.92 Å². The summed E-state index contributed by atoms with van der Waals surface area (Å²) >= 11 is 1.28. The van der Waals surface area contributed by atoms with Crippen molar-refractivity contribution >= 4 is 17.7 Å². The summed E-state index contributed by atoms with van der Waals surface area (Å²) in [5, 5.41) is 12.1. The average molecular weight is 485 g/mol. The molecule has 0 aliphatic carbocycles. The van der Waals surface area contributed by atoms with Crippen LogP contribution in [0.15, 0.2) is 54.2 Å². The van der Waals surface area contributed by atoms with E-state index < -0.39 is 0 Å². The minimum atomic E-state index is -0.125. The molecule has 0 aliphatic rings. The number of carbonyl (C=O) groups excluding carboxylic acids is 1. The number of aromatic nitrogens is 3. The van der Waals surface area contributed by atoms with Gasteiger partial charge in [-0.05, 0) is 43.3 Å². The first-order valence-electron chi connectivity index (χ1n) is 10.6. The standard InChI is InChI=1S/C24H28N4O5S/c1-6-12-25-21(29)15-34-24-27-26-23(28(24)17-8-10-18(11-9-17)33-7-2)16-13-19(30-3)22(32-5)20(14-16)31-4/h6,8-11,13-14H,1,7,12,15H2,2-5H3,(H,25,29). The molecule has 3 rings (SSSR count). The largest absolute Gasteiger partial charge is 0.494 e. The van der Waals surface area contributed by atoms with Gasteiger partial charge >= 0.3 is 0 Å². The lowest BCUT2D eigenvalue weighted by Crippen LogP contribution is -2.25. The monoisotopic (exact) mass is 484 g/mol. The maximum absolute atomic E-state index is 12.2. The van der Waals surface area contributed by atoms with E-state index in [0.29, 0.717) is 46.9 Å². The number of nitrogens with zero attached hydrogens (tertiary/aromatic N) is 3. The Balaban J connectivity index is 2.08. The molecule has 10 heteroatoms. The number of methoxy groups -OCH3 is 3. The first-order chi connectivity index (χ1) is 16.6. The van der Waals surface area contributed by atoms with Crippen molar-refractivity contribution in [3.05, 3.63) is 49.1 Å². The van der Waals surface area contributed by atoms with E-state index in [1.807, 2.05) is 47.9 Å². The summed E-state index contributed by atoms with van der Waals surface area (Å²) in [5.74, 6) is 2.84. The Morgan fingerprint density at radius 3 is 2.32 bits per heavy atom. The molecule has 1 N–H and O–H groups in total. The van der Waals surface area contributed by atoms with Gasteiger partial charge in [-0.3, -0.25) is 9.36 Å². The van der Waals surface area contributed by atoms with Crippen molar-refractivity contribution in [2.24, 2.45) is 0 Å². The van der Waals surface area contributed by atoms with Crippen LogP contribution in [0.3, 0.4) is 0 Å². The van der Waals surface area contributed by atoms with Gasteiger partial charge in [0.2, 0.25) is 11.7 Å². The second-order valence-electron chi connectivity index (χ2n) is 6.86. The lowest BCUT2D eigenvalue weighted by atomic mass is 10.1. The summed E-state index contributed by atoms with van der Waals surface area (Å²) < 4.78 is 23.9. The number of amides is 1. The number of carbonyl (C=O) groups is 1. The first kappa shape index (κ1) is 25.0. The molecule has 1 aromatic heterocycles. The molecule has 1 amide bonds. The van der Waals surface area contributed by atoms with Gasteiger partial charge in [-0.25, -0.2) is 0 Å². The van der Waals surface area contributed by atoms with Crippen molar-refractivity contribution < 1.29 is 23.7 Å². The molecule has 0 spiro atoms. The van der Waals surface area contributed by atoms with Crippen molar-refractivity contribution in [1.29, 1.82) is 0 Å². The van der Waals surface area contributed by atoms with E-state index >= 15 is 0 Å². The molecule has 0 bridgehead atoms. The van der Waals surface area contributed by atoms with Crippen LogP contribution < -0.4 is 24.3 Å². The lowest BCUT2D eigenvalue weighted by molar-refractivity contribution is -0.118. The Morgan fingerprint density at radius 2 is 1.76 bits per heavy atom. The first-order valence-corrected chi connectivity index (χ1v) is 11.5. The summed E-state index contributed by atoms with van der Waals surface area (Å²) in [4.78, 5) is 12.2. The molecule has 0 atom stereocenters. The Labute approximate surface area is 203 Å². The van der Waals surface area contributed by atoms with Gasteiger partial charge in [0, 0.05) is 17.8 Å². The summed E-state index contributed by atoms with van der Waals surface area (Å²) in [6.07, 6.45) is 1.63. The van der Waals surface area contributed by atoms with Gasteiger partial charge < -0.3 is 24.3 Å².